The minimum Gasteiger partial charge on any atom is -0.453 e. The molecule has 112 valence electrons. The van der Waals surface area contributed by atoms with Gasteiger partial charge in [0.25, 0.3) is 0 Å². The number of nitrogens with zero attached hydrogens (tertiary/aromatic N) is 1. The lowest BCUT2D eigenvalue weighted by Gasteiger charge is -2.40. The summed E-state index contributed by atoms with van der Waals surface area (Å²) in [5.74, 6) is -0.0830. The van der Waals surface area contributed by atoms with E-state index >= 15 is 0 Å². The largest absolute Gasteiger partial charge is 0.453 e. The molecule has 1 aliphatic heterocycles. The standard InChI is InChI=1S/C16H25NO2S/c1-3-5-10-17-11-8-16(9-12-17,19-15(18)4-2)14-7-6-13-20-14/h6-7,13H,3-5,8-12H2,1-2H3. The van der Waals surface area contributed by atoms with Crippen LogP contribution in [0.3, 0.4) is 0 Å². The first kappa shape index (κ1) is 15.5. The van der Waals surface area contributed by atoms with Gasteiger partial charge in [-0.05, 0) is 24.4 Å². The van der Waals surface area contributed by atoms with Crippen molar-refractivity contribution in [2.45, 2.75) is 51.6 Å². The molecule has 0 bridgehead atoms. The lowest BCUT2D eigenvalue weighted by molar-refractivity contribution is -0.166. The SMILES string of the molecule is CCCCN1CCC(OC(=O)CC)(c2cccs2)CC1. The first-order chi connectivity index (χ1) is 9.70. The Labute approximate surface area is 125 Å². The van der Waals surface area contributed by atoms with Crippen LogP contribution in [0.25, 0.3) is 0 Å². The second-order valence-electron chi connectivity index (χ2n) is 5.49. The molecule has 20 heavy (non-hydrogen) atoms. The molecule has 1 aromatic rings. The van der Waals surface area contributed by atoms with Gasteiger partial charge in [0.2, 0.25) is 0 Å². The van der Waals surface area contributed by atoms with E-state index in [-0.39, 0.29) is 11.6 Å². The molecule has 1 aromatic heterocycles. The van der Waals surface area contributed by atoms with E-state index in [1.807, 2.05) is 13.0 Å². The summed E-state index contributed by atoms with van der Waals surface area (Å²) in [6.45, 7) is 7.30. The number of unbranched alkanes of at least 4 members (excludes halogenated alkanes) is 1. The quantitative estimate of drug-likeness (QED) is 0.748. The molecule has 4 heteroatoms. The first-order valence-corrected chi connectivity index (χ1v) is 8.56. The van der Waals surface area contributed by atoms with Crippen LogP contribution < -0.4 is 0 Å². The van der Waals surface area contributed by atoms with Gasteiger partial charge in [-0.2, -0.15) is 0 Å². The third-order valence-corrected chi connectivity index (χ3v) is 5.11. The van der Waals surface area contributed by atoms with E-state index in [1.165, 1.54) is 24.3 Å². The van der Waals surface area contributed by atoms with Crippen LogP contribution in [-0.2, 0) is 15.1 Å². The van der Waals surface area contributed by atoms with Crippen molar-refractivity contribution in [3.63, 3.8) is 0 Å². The topological polar surface area (TPSA) is 29.5 Å². The Bertz CT molecular complexity index is 408. The van der Waals surface area contributed by atoms with E-state index in [9.17, 15) is 4.79 Å². The fourth-order valence-corrected chi connectivity index (χ4v) is 3.67. The van der Waals surface area contributed by atoms with Gasteiger partial charge < -0.3 is 9.64 Å². The zero-order valence-electron chi connectivity index (χ0n) is 12.6. The highest BCUT2D eigenvalue weighted by atomic mass is 32.1. The number of carbonyl (C=O) groups is 1. The average molecular weight is 295 g/mol. The second kappa shape index (κ2) is 7.23. The number of rotatable bonds is 6. The van der Waals surface area contributed by atoms with Crippen LogP contribution >= 0.6 is 11.3 Å². The second-order valence-corrected chi connectivity index (χ2v) is 6.44. The number of piperidine rings is 1. The molecule has 3 nitrogen and oxygen atoms in total. The molecular weight excluding hydrogens is 270 g/mol. The van der Waals surface area contributed by atoms with Crippen LogP contribution in [0, 0.1) is 0 Å². The Morgan fingerprint density at radius 1 is 1.40 bits per heavy atom. The summed E-state index contributed by atoms with van der Waals surface area (Å²) in [6, 6.07) is 4.15. The summed E-state index contributed by atoms with van der Waals surface area (Å²) in [4.78, 5) is 15.5. The highest BCUT2D eigenvalue weighted by Gasteiger charge is 2.40. The summed E-state index contributed by atoms with van der Waals surface area (Å²) in [6.07, 6.45) is 4.77. The summed E-state index contributed by atoms with van der Waals surface area (Å²) in [7, 11) is 0. The number of hydrogen-bond donors (Lipinski definition) is 0. The van der Waals surface area contributed by atoms with E-state index in [2.05, 4.69) is 23.3 Å². The Morgan fingerprint density at radius 3 is 2.70 bits per heavy atom. The van der Waals surface area contributed by atoms with Gasteiger partial charge >= 0.3 is 5.97 Å². The Morgan fingerprint density at radius 2 is 2.15 bits per heavy atom. The predicted molar refractivity (Wildman–Crippen MR) is 83.0 cm³/mol. The fraction of sp³-hybridized carbons (Fsp3) is 0.688. The number of likely N-dealkylation sites (tertiary alicyclic amines) is 1. The molecular formula is C16H25NO2S. The molecule has 0 N–H and O–H groups in total. The molecule has 0 unspecified atom stereocenters. The molecule has 0 atom stereocenters. The van der Waals surface area contributed by atoms with Crippen molar-refractivity contribution in [1.29, 1.82) is 0 Å². The molecule has 1 saturated heterocycles. The first-order valence-electron chi connectivity index (χ1n) is 7.68. The normalized spacial score (nSPS) is 18.9. The Kier molecular flexibility index (Phi) is 5.61. The Hall–Kier alpha value is -0.870. The van der Waals surface area contributed by atoms with Crippen LogP contribution in [0.2, 0.25) is 0 Å². The van der Waals surface area contributed by atoms with E-state index in [0.29, 0.717) is 6.42 Å². The van der Waals surface area contributed by atoms with Crippen LogP contribution in [0.4, 0.5) is 0 Å². The van der Waals surface area contributed by atoms with Crippen LogP contribution in [0.5, 0.6) is 0 Å². The molecule has 1 aliphatic rings. The zero-order chi connectivity index (χ0) is 14.4. The molecule has 0 saturated carbocycles. The molecule has 0 aliphatic carbocycles. The lowest BCUT2D eigenvalue weighted by atomic mass is 9.89. The van der Waals surface area contributed by atoms with Gasteiger partial charge in [0.15, 0.2) is 0 Å². The maximum absolute atomic E-state index is 11.8. The fourth-order valence-electron chi connectivity index (χ4n) is 2.75. The van der Waals surface area contributed by atoms with E-state index in [0.717, 1.165) is 25.9 Å². The summed E-state index contributed by atoms with van der Waals surface area (Å²) < 4.78 is 5.87. The maximum atomic E-state index is 11.8. The van der Waals surface area contributed by atoms with Gasteiger partial charge in [-0.25, -0.2) is 0 Å². The van der Waals surface area contributed by atoms with Gasteiger partial charge in [-0.1, -0.05) is 26.3 Å². The van der Waals surface area contributed by atoms with Gasteiger partial charge in [-0.15, -0.1) is 11.3 Å². The van der Waals surface area contributed by atoms with Gasteiger partial charge in [-0.3, -0.25) is 4.79 Å². The molecule has 0 radical (unpaired) electrons. The monoisotopic (exact) mass is 295 g/mol. The van der Waals surface area contributed by atoms with Crippen LogP contribution in [0.15, 0.2) is 17.5 Å². The van der Waals surface area contributed by atoms with Crippen molar-refractivity contribution < 1.29 is 9.53 Å². The van der Waals surface area contributed by atoms with E-state index in [1.54, 1.807) is 11.3 Å². The maximum Gasteiger partial charge on any atom is 0.306 e. The van der Waals surface area contributed by atoms with Crippen molar-refractivity contribution in [3.05, 3.63) is 22.4 Å². The molecule has 1 fully saturated rings. The minimum atomic E-state index is -0.371. The molecule has 2 heterocycles. The number of hydrogen-bond acceptors (Lipinski definition) is 4. The number of carbonyl (C=O) groups excluding carboxylic acids is 1. The van der Waals surface area contributed by atoms with Crippen LogP contribution in [-0.4, -0.2) is 30.5 Å². The van der Waals surface area contributed by atoms with Gasteiger partial charge in [0.1, 0.15) is 5.60 Å². The third-order valence-electron chi connectivity index (χ3n) is 4.06. The molecule has 0 aromatic carbocycles. The third kappa shape index (κ3) is 3.61. The molecule has 0 spiro atoms. The zero-order valence-corrected chi connectivity index (χ0v) is 13.4. The van der Waals surface area contributed by atoms with E-state index in [4.69, 9.17) is 4.74 Å². The van der Waals surface area contributed by atoms with Crippen molar-refractivity contribution in [3.8, 4) is 0 Å². The summed E-state index contributed by atoms with van der Waals surface area (Å²) in [5, 5.41) is 2.07. The van der Waals surface area contributed by atoms with Crippen molar-refractivity contribution in [1.82, 2.24) is 4.90 Å². The Balaban J connectivity index is 2.05. The van der Waals surface area contributed by atoms with Gasteiger partial charge in [0.05, 0.1) is 0 Å². The van der Waals surface area contributed by atoms with Crippen molar-refractivity contribution in [2.24, 2.45) is 0 Å². The molecule has 2 rings (SSSR count). The smallest absolute Gasteiger partial charge is 0.306 e. The lowest BCUT2D eigenvalue weighted by Crippen LogP contribution is -2.45. The predicted octanol–water partition coefficient (Wildman–Crippen LogP) is 3.79. The van der Waals surface area contributed by atoms with Gasteiger partial charge in [0, 0.05) is 37.2 Å². The highest BCUT2D eigenvalue weighted by Crippen LogP contribution is 2.39. The van der Waals surface area contributed by atoms with E-state index < -0.39 is 0 Å². The summed E-state index contributed by atoms with van der Waals surface area (Å²) >= 11 is 1.70. The average Bonchev–Trinajstić information content (AvgIpc) is 3.01. The number of ether oxygens (including phenoxy) is 1. The number of thiophene rings is 1. The van der Waals surface area contributed by atoms with Crippen LogP contribution in [0.1, 0.15) is 50.8 Å². The number of esters is 1. The molecule has 0 amide bonds. The van der Waals surface area contributed by atoms with Crippen molar-refractivity contribution >= 4 is 17.3 Å². The van der Waals surface area contributed by atoms with Crippen molar-refractivity contribution in [2.75, 3.05) is 19.6 Å². The highest BCUT2D eigenvalue weighted by molar-refractivity contribution is 7.10. The minimum absolute atomic E-state index is 0.0830. The summed E-state index contributed by atoms with van der Waals surface area (Å²) in [5.41, 5.74) is -0.371.